The molecule has 3 rings (SSSR count). The van der Waals surface area contributed by atoms with E-state index in [1.807, 2.05) is 6.07 Å². The van der Waals surface area contributed by atoms with Crippen LogP contribution in [0.1, 0.15) is 39.0 Å². The maximum Gasteiger partial charge on any atom is 0.419 e. The SMILES string of the molecule is OC(c1ccc(F)c(C(F)(F)F)c1)c1cc2c(s1)CCC2. The van der Waals surface area contributed by atoms with Crippen LogP contribution in [0.5, 0.6) is 0 Å². The zero-order chi connectivity index (χ0) is 15.2. The average molecular weight is 316 g/mol. The predicted octanol–water partition coefficient (Wildman–Crippen LogP) is 4.48. The number of thiophene rings is 1. The largest absolute Gasteiger partial charge is 0.419 e. The first-order valence-electron chi connectivity index (χ1n) is 6.52. The lowest BCUT2D eigenvalue weighted by molar-refractivity contribution is -0.140. The van der Waals surface area contributed by atoms with Crippen molar-refractivity contribution in [3.63, 3.8) is 0 Å². The molecule has 1 nitrogen and oxygen atoms in total. The van der Waals surface area contributed by atoms with Gasteiger partial charge in [-0.3, -0.25) is 0 Å². The highest BCUT2D eigenvalue weighted by atomic mass is 32.1. The summed E-state index contributed by atoms with van der Waals surface area (Å²) >= 11 is 1.42. The number of benzene rings is 1. The Labute approximate surface area is 122 Å². The number of aliphatic hydroxyl groups is 1. The molecule has 0 amide bonds. The van der Waals surface area contributed by atoms with Gasteiger partial charge in [0.1, 0.15) is 11.9 Å². The summed E-state index contributed by atoms with van der Waals surface area (Å²) in [6.45, 7) is 0. The van der Waals surface area contributed by atoms with Gasteiger partial charge < -0.3 is 5.11 Å². The van der Waals surface area contributed by atoms with Crippen LogP contribution in [0.25, 0.3) is 0 Å². The summed E-state index contributed by atoms with van der Waals surface area (Å²) in [6, 6.07) is 4.47. The standard InChI is InChI=1S/C15H12F4OS/c16-11-5-4-9(6-10(11)15(17,18)19)14(20)13-7-8-2-1-3-12(8)21-13/h4-7,14,20H,1-3H2. The highest BCUT2D eigenvalue weighted by Crippen LogP contribution is 2.38. The fourth-order valence-corrected chi connectivity index (χ4v) is 3.85. The Bertz CT molecular complexity index is 653. The minimum atomic E-state index is -4.77. The molecule has 1 aromatic heterocycles. The summed E-state index contributed by atoms with van der Waals surface area (Å²) in [6.07, 6.45) is -2.95. The van der Waals surface area contributed by atoms with Gasteiger partial charge in [0.05, 0.1) is 5.56 Å². The summed E-state index contributed by atoms with van der Waals surface area (Å²) in [7, 11) is 0. The molecule has 0 spiro atoms. The second-order valence-electron chi connectivity index (χ2n) is 5.09. The fourth-order valence-electron chi connectivity index (χ4n) is 2.58. The number of aliphatic hydroxyl groups excluding tert-OH is 1. The molecule has 0 fully saturated rings. The van der Waals surface area contributed by atoms with Crippen molar-refractivity contribution in [2.75, 3.05) is 0 Å². The molecular formula is C15H12F4OS. The molecule has 0 saturated carbocycles. The Hall–Kier alpha value is -1.40. The molecule has 1 unspecified atom stereocenters. The van der Waals surface area contributed by atoms with E-state index >= 15 is 0 Å². The molecule has 6 heteroatoms. The fraction of sp³-hybridized carbons (Fsp3) is 0.333. The van der Waals surface area contributed by atoms with Crippen molar-refractivity contribution in [1.82, 2.24) is 0 Å². The molecule has 1 N–H and O–H groups in total. The number of hydrogen-bond acceptors (Lipinski definition) is 2. The molecule has 112 valence electrons. The van der Waals surface area contributed by atoms with Crippen LogP contribution in [-0.2, 0) is 19.0 Å². The molecule has 1 aromatic carbocycles. The minimum Gasteiger partial charge on any atom is -0.383 e. The Morgan fingerprint density at radius 3 is 2.57 bits per heavy atom. The molecule has 1 aliphatic rings. The molecule has 21 heavy (non-hydrogen) atoms. The molecule has 1 atom stereocenters. The van der Waals surface area contributed by atoms with Crippen molar-refractivity contribution in [2.24, 2.45) is 0 Å². The average Bonchev–Trinajstić information content (AvgIpc) is 2.97. The second kappa shape index (κ2) is 5.10. The number of alkyl halides is 3. The number of fused-ring (bicyclic) bond motifs is 1. The van der Waals surface area contributed by atoms with Gasteiger partial charge in [0.25, 0.3) is 0 Å². The van der Waals surface area contributed by atoms with E-state index in [1.54, 1.807) is 0 Å². The third-order valence-corrected chi connectivity index (χ3v) is 4.94. The maximum atomic E-state index is 13.3. The van der Waals surface area contributed by atoms with E-state index in [1.165, 1.54) is 22.3 Å². The number of halogens is 4. The van der Waals surface area contributed by atoms with Crippen molar-refractivity contribution >= 4 is 11.3 Å². The maximum absolute atomic E-state index is 13.3. The van der Waals surface area contributed by atoms with Gasteiger partial charge in [-0.2, -0.15) is 13.2 Å². The molecule has 0 radical (unpaired) electrons. The van der Waals surface area contributed by atoms with E-state index in [2.05, 4.69) is 0 Å². The van der Waals surface area contributed by atoms with E-state index in [0.717, 1.165) is 30.9 Å². The van der Waals surface area contributed by atoms with Crippen LogP contribution in [0.3, 0.4) is 0 Å². The Balaban J connectivity index is 1.95. The molecule has 1 aliphatic carbocycles. The number of rotatable bonds is 2. The lowest BCUT2D eigenvalue weighted by Crippen LogP contribution is -2.10. The van der Waals surface area contributed by atoms with Crippen molar-refractivity contribution in [3.05, 3.63) is 56.5 Å². The quantitative estimate of drug-likeness (QED) is 0.810. The first-order valence-corrected chi connectivity index (χ1v) is 7.34. The summed E-state index contributed by atoms with van der Waals surface area (Å²) in [5, 5.41) is 10.3. The normalized spacial score (nSPS) is 16.0. The Morgan fingerprint density at radius 1 is 1.14 bits per heavy atom. The van der Waals surface area contributed by atoms with Gasteiger partial charge >= 0.3 is 6.18 Å². The number of hydrogen-bond donors (Lipinski definition) is 1. The monoisotopic (exact) mass is 316 g/mol. The summed E-state index contributed by atoms with van der Waals surface area (Å²) in [5.41, 5.74) is -0.126. The van der Waals surface area contributed by atoms with Gasteiger partial charge in [0.15, 0.2) is 0 Å². The van der Waals surface area contributed by atoms with Crippen molar-refractivity contribution < 1.29 is 22.7 Å². The van der Waals surface area contributed by atoms with Crippen LogP contribution in [0.4, 0.5) is 17.6 Å². The molecule has 0 bridgehead atoms. The van der Waals surface area contributed by atoms with E-state index in [4.69, 9.17) is 0 Å². The smallest absolute Gasteiger partial charge is 0.383 e. The highest BCUT2D eigenvalue weighted by Gasteiger charge is 2.35. The van der Waals surface area contributed by atoms with E-state index < -0.39 is 23.7 Å². The molecule has 0 saturated heterocycles. The second-order valence-corrected chi connectivity index (χ2v) is 6.26. The summed E-state index contributed by atoms with van der Waals surface area (Å²) in [5.74, 6) is -1.33. The lowest BCUT2D eigenvalue weighted by atomic mass is 10.0. The first-order chi connectivity index (χ1) is 9.86. The van der Waals surface area contributed by atoms with Crippen molar-refractivity contribution in [3.8, 4) is 0 Å². The van der Waals surface area contributed by atoms with Crippen LogP contribution in [0.15, 0.2) is 24.3 Å². The molecule has 0 aliphatic heterocycles. The predicted molar refractivity (Wildman–Crippen MR) is 71.8 cm³/mol. The molecular weight excluding hydrogens is 304 g/mol. The zero-order valence-electron chi connectivity index (χ0n) is 10.9. The molecule has 2 aromatic rings. The van der Waals surface area contributed by atoms with E-state index in [-0.39, 0.29) is 5.56 Å². The van der Waals surface area contributed by atoms with Gasteiger partial charge in [-0.15, -0.1) is 11.3 Å². The van der Waals surface area contributed by atoms with Gasteiger partial charge in [-0.05, 0) is 48.6 Å². The third kappa shape index (κ3) is 2.70. The van der Waals surface area contributed by atoms with Crippen molar-refractivity contribution in [1.29, 1.82) is 0 Å². The molecule has 1 heterocycles. The minimum absolute atomic E-state index is 0.0589. The number of aryl methyl sites for hydroxylation is 2. The zero-order valence-corrected chi connectivity index (χ0v) is 11.7. The summed E-state index contributed by atoms with van der Waals surface area (Å²) < 4.78 is 51.4. The van der Waals surface area contributed by atoms with Crippen LogP contribution in [0, 0.1) is 5.82 Å². The highest BCUT2D eigenvalue weighted by molar-refractivity contribution is 7.12. The topological polar surface area (TPSA) is 20.2 Å². The summed E-state index contributed by atoms with van der Waals surface area (Å²) in [4.78, 5) is 1.79. The van der Waals surface area contributed by atoms with Crippen LogP contribution in [-0.4, -0.2) is 5.11 Å². The van der Waals surface area contributed by atoms with Crippen molar-refractivity contribution in [2.45, 2.75) is 31.5 Å². The van der Waals surface area contributed by atoms with E-state index in [9.17, 15) is 22.7 Å². The van der Waals surface area contributed by atoms with Gasteiger partial charge in [-0.1, -0.05) is 6.07 Å². The first kappa shape index (κ1) is 14.5. The Kier molecular flexibility index (Phi) is 3.53. The van der Waals surface area contributed by atoms with Gasteiger partial charge in [0, 0.05) is 9.75 Å². The van der Waals surface area contributed by atoms with Crippen LogP contribution < -0.4 is 0 Å². The van der Waals surface area contributed by atoms with Crippen LogP contribution in [0.2, 0.25) is 0 Å². The third-order valence-electron chi connectivity index (χ3n) is 3.65. The van der Waals surface area contributed by atoms with Gasteiger partial charge in [0.2, 0.25) is 0 Å². The lowest BCUT2D eigenvalue weighted by Gasteiger charge is -2.13. The van der Waals surface area contributed by atoms with E-state index in [0.29, 0.717) is 10.9 Å². The Morgan fingerprint density at radius 2 is 1.90 bits per heavy atom. The van der Waals surface area contributed by atoms with Gasteiger partial charge in [-0.25, -0.2) is 4.39 Å². The van der Waals surface area contributed by atoms with Crippen LogP contribution >= 0.6 is 11.3 Å².